The van der Waals surface area contributed by atoms with Gasteiger partial charge >= 0.3 is 0 Å². The van der Waals surface area contributed by atoms with Crippen molar-refractivity contribution in [3.05, 3.63) is 35.1 Å². The second kappa shape index (κ2) is 6.78. The molecule has 0 bridgehead atoms. The Kier molecular flexibility index (Phi) is 5.31. The van der Waals surface area contributed by atoms with E-state index in [-0.39, 0.29) is 12.2 Å². The van der Waals surface area contributed by atoms with Gasteiger partial charge in [0.1, 0.15) is 10.6 Å². The van der Waals surface area contributed by atoms with Gasteiger partial charge < -0.3 is 5.73 Å². The molecular weight excluding hydrogens is 335 g/mol. The number of benzene rings is 1. The molecule has 0 aliphatic carbocycles. The smallest absolute Gasteiger partial charge is 0.238 e. The van der Waals surface area contributed by atoms with Gasteiger partial charge in [0.25, 0.3) is 0 Å². The zero-order valence-electron chi connectivity index (χ0n) is 14.0. The van der Waals surface area contributed by atoms with E-state index in [9.17, 15) is 17.6 Å². The number of carbonyl (C=O) groups is 1. The van der Waals surface area contributed by atoms with E-state index in [2.05, 4.69) is 5.48 Å². The summed E-state index contributed by atoms with van der Waals surface area (Å²) < 4.78 is 36.3. The van der Waals surface area contributed by atoms with Gasteiger partial charge in [-0.15, -0.1) is 0 Å². The maximum atomic E-state index is 14.2. The van der Waals surface area contributed by atoms with E-state index in [1.54, 1.807) is 6.07 Å². The first-order valence-electron chi connectivity index (χ1n) is 7.77. The number of aryl methyl sites for hydroxylation is 1. The highest BCUT2D eigenvalue weighted by atomic mass is 32.2. The van der Waals surface area contributed by atoms with Gasteiger partial charge in [-0.2, -0.15) is 5.48 Å². The van der Waals surface area contributed by atoms with Crippen molar-refractivity contribution in [1.82, 2.24) is 5.48 Å². The highest BCUT2D eigenvalue weighted by Crippen LogP contribution is 2.33. The minimum atomic E-state index is -3.71. The fraction of sp³-hybridized carbons (Fsp3) is 0.562. The minimum absolute atomic E-state index is 0.0840. The molecule has 8 heteroatoms. The number of sulfone groups is 1. The molecule has 0 radical (unpaired) electrons. The third kappa shape index (κ3) is 3.60. The van der Waals surface area contributed by atoms with E-state index >= 15 is 0 Å². The predicted molar refractivity (Wildman–Crippen MR) is 88.2 cm³/mol. The molecule has 3 atom stereocenters. The van der Waals surface area contributed by atoms with Crippen molar-refractivity contribution in [3.63, 3.8) is 0 Å². The molecular formula is C16H23FN2O4S. The van der Waals surface area contributed by atoms with Gasteiger partial charge in [-0.3, -0.25) is 9.63 Å². The quantitative estimate of drug-likeness (QED) is 0.801. The van der Waals surface area contributed by atoms with Crippen molar-refractivity contribution < 1.29 is 22.4 Å². The summed E-state index contributed by atoms with van der Waals surface area (Å²) in [6, 6.07) is 4.62. The zero-order valence-corrected chi connectivity index (χ0v) is 14.8. The Labute approximate surface area is 141 Å². The Morgan fingerprint density at radius 3 is 2.67 bits per heavy atom. The highest BCUT2D eigenvalue weighted by Gasteiger charge is 2.46. The van der Waals surface area contributed by atoms with E-state index in [1.165, 1.54) is 13.0 Å². The first-order chi connectivity index (χ1) is 11.1. The predicted octanol–water partition coefficient (Wildman–Crippen LogP) is 1.40. The average Bonchev–Trinajstić information content (AvgIpc) is 2.93. The van der Waals surface area contributed by atoms with Crippen LogP contribution in [-0.4, -0.2) is 31.4 Å². The van der Waals surface area contributed by atoms with Crippen LogP contribution in [0.5, 0.6) is 0 Å². The van der Waals surface area contributed by atoms with Gasteiger partial charge in [0.2, 0.25) is 5.91 Å². The summed E-state index contributed by atoms with van der Waals surface area (Å²) in [5.74, 6) is -1.26. The molecule has 0 aromatic heterocycles. The Morgan fingerprint density at radius 1 is 1.50 bits per heavy atom. The zero-order chi connectivity index (χ0) is 18.1. The number of hydroxylamine groups is 1. The topological polar surface area (TPSA) is 98.5 Å². The standard InChI is InChI=1S/C16H23FN2O4S/c1-4-10-5-6-12(13(17)7-10)14-8-11(23-19-14)9-16(2,15(18)20)24(3,21)22/h5-7,11,14,19H,4,8-9H2,1-3H3,(H2,18,20)/t11-,14?,16-/m1/s1. The van der Waals surface area contributed by atoms with Crippen LogP contribution in [0.2, 0.25) is 0 Å². The van der Waals surface area contributed by atoms with Crippen LogP contribution >= 0.6 is 0 Å². The van der Waals surface area contributed by atoms with Crippen LogP contribution in [0.1, 0.15) is 43.9 Å². The number of nitrogens with two attached hydrogens (primary N) is 1. The number of halogens is 1. The van der Waals surface area contributed by atoms with Crippen molar-refractivity contribution in [1.29, 1.82) is 0 Å². The highest BCUT2D eigenvalue weighted by molar-refractivity contribution is 7.92. The maximum Gasteiger partial charge on any atom is 0.238 e. The van der Waals surface area contributed by atoms with Crippen molar-refractivity contribution >= 4 is 15.7 Å². The maximum absolute atomic E-state index is 14.2. The van der Waals surface area contributed by atoms with E-state index in [4.69, 9.17) is 10.6 Å². The third-order valence-electron chi connectivity index (χ3n) is 4.68. The lowest BCUT2D eigenvalue weighted by Crippen LogP contribution is -2.49. The van der Waals surface area contributed by atoms with Crippen LogP contribution in [0.3, 0.4) is 0 Å². The number of rotatable bonds is 6. The molecule has 1 aromatic carbocycles. The van der Waals surface area contributed by atoms with Crippen molar-refractivity contribution in [2.45, 2.75) is 50.0 Å². The Hall–Kier alpha value is -1.51. The van der Waals surface area contributed by atoms with Crippen molar-refractivity contribution in [3.8, 4) is 0 Å². The van der Waals surface area contributed by atoms with Crippen LogP contribution in [0.4, 0.5) is 4.39 Å². The van der Waals surface area contributed by atoms with Gasteiger partial charge in [0.05, 0.1) is 12.1 Å². The van der Waals surface area contributed by atoms with Crippen LogP contribution in [0.25, 0.3) is 0 Å². The molecule has 1 fully saturated rings. The molecule has 1 amide bonds. The van der Waals surface area contributed by atoms with Crippen LogP contribution < -0.4 is 11.2 Å². The van der Waals surface area contributed by atoms with Gasteiger partial charge in [-0.1, -0.05) is 19.1 Å². The lowest BCUT2D eigenvalue weighted by Gasteiger charge is -2.26. The number of carbonyl (C=O) groups excluding carboxylic acids is 1. The van der Waals surface area contributed by atoms with Crippen molar-refractivity contribution in [2.75, 3.05) is 6.26 Å². The Balaban J connectivity index is 2.15. The first-order valence-corrected chi connectivity index (χ1v) is 9.66. The lowest BCUT2D eigenvalue weighted by molar-refractivity contribution is -0.121. The molecule has 1 aliphatic heterocycles. The van der Waals surface area contributed by atoms with Gasteiger partial charge in [0, 0.05) is 18.2 Å². The van der Waals surface area contributed by atoms with Crippen LogP contribution in [0, 0.1) is 5.82 Å². The summed E-state index contributed by atoms with van der Waals surface area (Å²) in [4.78, 5) is 17.0. The number of primary amides is 1. The number of hydrogen-bond acceptors (Lipinski definition) is 5. The van der Waals surface area contributed by atoms with E-state index in [1.807, 2.05) is 13.0 Å². The summed E-state index contributed by atoms with van der Waals surface area (Å²) >= 11 is 0. The molecule has 6 nitrogen and oxygen atoms in total. The fourth-order valence-corrected chi connectivity index (χ4v) is 3.65. The molecule has 3 N–H and O–H groups in total. The van der Waals surface area contributed by atoms with E-state index < -0.39 is 32.6 Å². The molecule has 1 aliphatic rings. The Morgan fingerprint density at radius 2 is 2.17 bits per heavy atom. The molecule has 0 saturated carbocycles. The summed E-state index contributed by atoms with van der Waals surface area (Å²) in [6.45, 7) is 3.23. The second-order valence-electron chi connectivity index (χ2n) is 6.43. The van der Waals surface area contributed by atoms with Crippen molar-refractivity contribution in [2.24, 2.45) is 5.73 Å². The molecule has 1 unspecified atom stereocenters. The minimum Gasteiger partial charge on any atom is -0.368 e. The third-order valence-corrected chi connectivity index (χ3v) is 6.69. The molecule has 24 heavy (non-hydrogen) atoms. The second-order valence-corrected chi connectivity index (χ2v) is 8.87. The summed E-state index contributed by atoms with van der Waals surface area (Å²) in [6.07, 6.45) is 1.41. The summed E-state index contributed by atoms with van der Waals surface area (Å²) in [7, 11) is -3.71. The molecule has 1 heterocycles. The van der Waals surface area contributed by atoms with Crippen LogP contribution in [-0.2, 0) is 25.9 Å². The first kappa shape index (κ1) is 18.8. The molecule has 1 aromatic rings. The Bertz CT molecular complexity index is 738. The summed E-state index contributed by atoms with van der Waals surface area (Å²) in [5.41, 5.74) is 9.36. The molecule has 1 saturated heterocycles. The fourth-order valence-electron chi connectivity index (χ4n) is 2.80. The number of hydrogen-bond donors (Lipinski definition) is 2. The van der Waals surface area contributed by atoms with Crippen LogP contribution in [0.15, 0.2) is 18.2 Å². The lowest BCUT2D eigenvalue weighted by atomic mass is 9.94. The van der Waals surface area contributed by atoms with Gasteiger partial charge in [-0.05, 0) is 31.4 Å². The van der Waals surface area contributed by atoms with E-state index in [0.29, 0.717) is 12.0 Å². The normalized spacial score (nSPS) is 23.8. The average molecular weight is 358 g/mol. The molecule has 134 valence electrons. The van der Waals surface area contributed by atoms with Gasteiger partial charge in [0.15, 0.2) is 9.84 Å². The van der Waals surface area contributed by atoms with Gasteiger partial charge in [-0.25, -0.2) is 12.8 Å². The monoisotopic (exact) mass is 358 g/mol. The number of nitrogens with one attached hydrogen (secondary N) is 1. The molecule has 0 spiro atoms. The largest absolute Gasteiger partial charge is 0.368 e. The van der Waals surface area contributed by atoms with E-state index in [0.717, 1.165) is 18.2 Å². The number of amides is 1. The summed E-state index contributed by atoms with van der Waals surface area (Å²) in [5, 5.41) is 0. The molecule has 2 rings (SSSR count). The SMILES string of the molecule is CCc1ccc(C2C[C@H](C[C@](C)(C(N)=O)S(C)(=O)=O)ON2)c(F)c1.